The van der Waals surface area contributed by atoms with Gasteiger partial charge in [0, 0.05) is 35.8 Å². The summed E-state index contributed by atoms with van der Waals surface area (Å²) in [6.07, 6.45) is 1.09. The SMILES string of the molecule is [2H]c1c([2H])c([2H])c(-c2c([2H])c([2H])c(-c3ccc4sc5c(-c6c([2H])c([2H])c([2H])c(-c7c([2H])c([2H])c([2H])c8c7sc7c([2H])c([2H])c(-c9c([2H])c([2H])c(-c%10c([2H])c([2H])c([2H])c([2H])c%10[2H])c([2H])c9[2H])c([2H])c78)c6[2H])ncnc5c4c3)c([2H])c2[2H])c([2H])c1[2H]. The van der Waals surface area contributed by atoms with Crippen LogP contribution in [0.5, 0.6) is 0 Å². The minimum atomic E-state index is -0.918. The third-order valence-corrected chi connectivity index (χ3v) is 11.0. The molecule has 0 aliphatic rings. The van der Waals surface area contributed by atoms with E-state index in [2.05, 4.69) is 9.97 Å². The van der Waals surface area contributed by atoms with Crippen LogP contribution < -0.4 is 0 Å². The van der Waals surface area contributed by atoms with E-state index >= 15 is 0 Å². The summed E-state index contributed by atoms with van der Waals surface area (Å²) < 4.78 is 248. The first-order valence-electron chi connectivity index (χ1n) is 30.5. The molecule has 3 aromatic heterocycles. The molecule has 4 heteroatoms. The molecular weight excluding hydrogens is 717 g/mol. The lowest BCUT2D eigenvalue weighted by Gasteiger charge is -2.08. The van der Waals surface area contributed by atoms with Crippen LogP contribution in [0.15, 0.2) is 194 Å². The zero-order valence-electron chi connectivity index (χ0n) is 56.0. The van der Waals surface area contributed by atoms with Gasteiger partial charge in [0.15, 0.2) is 0 Å². The molecule has 0 aliphatic heterocycles. The van der Waals surface area contributed by atoms with Gasteiger partial charge in [0.2, 0.25) is 0 Å². The Labute approximate surface area is 372 Å². The fourth-order valence-corrected chi connectivity index (χ4v) is 8.32. The fraction of sp³-hybridized carbons (Fsp3) is 0. The molecule has 2 nitrogen and oxygen atoms in total. The van der Waals surface area contributed by atoms with Gasteiger partial charge in [0.25, 0.3) is 0 Å². The Balaban J connectivity index is 1.11. The fourth-order valence-electron chi connectivity index (χ4n) is 6.11. The number of nitrogens with zero attached hydrogens (tertiary/aromatic N) is 2. The van der Waals surface area contributed by atoms with E-state index < -0.39 is 214 Å². The second-order valence-corrected chi connectivity index (χ2v) is 14.0. The molecule has 0 radical (unpaired) electrons. The predicted molar refractivity (Wildman–Crippen MR) is 240 cm³/mol. The number of hydrogen-bond acceptors (Lipinski definition) is 4. The molecule has 0 unspecified atom stereocenters. The van der Waals surface area contributed by atoms with Crippen LogP contribution in [0.2, 0.25) is 0 Å². The highest BCUT2D eigenvalue weighted by molar-refractivity contribution is 7.26. The van der Waals surface area contributed by atoms with Crippen molar-refractivity contribution < 1.29 is 38.4 Å². The zero-order valence-corrected chi connectivity index (χ0v) is 29.7. The van der Waals surface area contributed by atoms with E-state index in [1.165, 1.54) is 12.1 Å². The molecule has 0 saturated heterocycles. The maximum atomic E-state index is 9.77. The Bertz CT molecular complexity index is 4780. The number of aromatic nitrogens is 2. The number of rotatable bonds is 6. The van der Waals surface area contributed by atoms with Crippen LogP contribution in [0.3, 0.4) is 0 Å². The van der Waals surface area contributed by atoms with Gasteiger partial charge in [0.1, 0.15) is 6.33 Å². The average molecular weight is 777 g/mol. The van der Waals surface area contributed by atoms with Crippen molar-refractivity contribution in [1.29, 1.82) is 0 Å². The lowest BCUT2D eigenvalue weighted by Crippen LogP contribution is -1.87. The Morgan fingerprint density at radius 3 is 1.66 bits per heavy atom. The Morgan fingerprint density at radius 1 is 0.375 bits per heavy atom. The number of hydrogen-bond donors (Lipinski definition) is 0. The van der Waals surface area contributed by atoms with Crippen LogP contribution in [-0.4, -0.2) is 9.97 Å². The number of thiophene rings is 2. The van der Waals surface area contributed by atoms with Gasteiger partial charge in [-0.2, -0.15) is 0 Å². The second kappa shape index (κ2) is 13.5. The van der Waals surface area contributed by atoms with Crippen molar-refractivity contribution in [3.8, 4) is 66.9 Å². The second-order valence-electron chi connectivity index (χ2n) is 12.0. The monoisotopic (exact) mass is 776 g/mol. The van der Waals surface area contributed by atoms with Gasteiger partial charge in [-0.1, -0.05) is 157 Å². The van der Waals surface area contributed by atoms with E-state index in [9.17, 15) is 11.0 Å². The lowest BCUT2D eigenvalue weighted by atomic mass is 9.97. The highest BCUT2D eigenvalue weighted by Crippen LogP contribution is 2.44. The third-order valence-electron chi connectivity index (χ3n) is 8.71. The molecule has 11 aromatic rings. The maximum absolute atomic E-state index is 9.77. The van der Waals surface area contributed by atoms with E-state index in [1.807, 2.05) is 0 Å². The van der Waals surface area contributed by atoms with Gasteiger partial charge < -0.3 is 0 Å². The molecule has 0 saturated carbocycles. The summed E-state index contributed by atoms with van der Waals surface area (Å²) in [5.74, 6) is 0. The summed E-state index contributed by atoms with van der Waals surface area (Å²) >= 11 is 1.70. The van der Waals surface area contributed by atoms with Crippen LogP contribution in [0, 0.1) is 0 Å². The molecule has 56 heavy (non-hydrogen) atoms. The minimum Gasteiger partial charge on any atom is -0.235 e. The van der Waals surface area contributed by atoms with Crippen molar-refractivity contribution in [3.05, 3.63) is 194 Å². The van der Waals surface area contributed by atoms with Crippen LogP contribution in [0.25, 0.3) is 107 Å². The molecule has 0 N–H and O–H groups in total. The van der Waals surface area contributed by atoms with E-state index in [-0.39, 0.29) is 52.8 Å². The summed E-state index contributed by atoms with van der Waals surface area (Å²) in [4.78, 5) is 8.93. The quantitative estimate of drug-likeness (QED) is 0.168. The van der Waals surface area contributed by atoms with Crippen molar-refractivity contribution in [2.45, 2.75) is 0 Å². The Morgan fingerprint density at radius 2 is 0.946 bits per heavy atom. The maximum Gasteiger partial charge on any atom is 0.116 e. The summed E-state index contributed by atoms with van der Waals surface area (Å²) in [6.45, 7) is 0. The van der Waals surface area contributed by atoms with Crippen molar-refractivity contribution in [2.24, 2.45) is 0 Å². The highest BCUT2D eigenvalue weighted by atomic mass is 32.1. The molecule has 0 amide bonds. The Kier molecular flexibility index (Phi) is 3.65. The zero-order chi connectivity index (χ0) is 61.4. The van der Waals surface area contributed by atoms with Crippen molar-refractivity contribution in [2.75, 3.05) is 0 Å². The van der Waals surface area contributed by atoms with E-state index in [0.29, 0.717) is 21.4 Å². The summed E-state index contributed by atoms with van der Waals surface area (Å²) in [6, 6.07) is -16.6. The summed E-state index contributed by atoms with van der Waals surface area (Å²) in [7, 11) is 0. The molecule has 262 valence electrons. The first kappa shape index (κ1) is 15.1. The molecular formula is C52H32N2S2. The van der Waals surface area contributed by atoms with Gasteiger partial charge in [-0.05, 0) is 85.9 Å². The van der Waals surface area contributed by atoms with Gasteiger partial charge in [-0.25, -0.2) is 9.97 Å². The van der Waals surface area contributed by atoms with Crippen molar-refractivity contribution >= 4 is 63.1 Å². The summed E-state index contributed by atoms with van der Waals surface area (Å²) in [5, 5.41) is -0.273. The average Bonchev–Trinajstić information content (AvgIpc) is 1.52. The molecule has 8 aromatic carbocycles. The van der Waals surface area contributed by atoms with Crippen LogP contribution in [0.1, 0.15) is 38.4 Å². The Hall–Kier alpha value is -6.72. The van der Waals surface area contributed by atoms with Gasteiger partial charge >= 0.3 is 0 Å². The van der Waals surface area contributed by atoms with Gasteiger partial charge in [-0.3, -0.25) is 0 Å². The van der Waals surface area contributed by atoms with Crippen LogP contribution >= 0.6 is 22.7 Å². The van der Waals surface area contributed by atoms with E-state index in [1.54, 1.807) is 6.07 Å². The number of benzene rings is 8. The molecule has 3 heterocycles. The lowest BCUT2D eigenvalue weighted by molar-refractivity contribution is 1.24. The molecule has 0 spiro atoms. The number of fused-ring (bicyclic) bond motifs is 6. The first-order chi connectivity index (χ1) is 39.4. The third kappa shape index (κ3) is 5.70. The van der Waals surface area contributed by atoms with Gasteiger partial charge in [0.05, 0.1) is 54.3 Å². The van der Waals surface area contributed by atoms with Crippen molar-refractivity contribution in [1.82, 2.24) is 9.97 Å². The predicted octanol–water partition coefficient (Wildman–Crippen LogP) is 15.2. The van der Waals surface area contributed by atoms with Crippen LogP contribution in [-0.2, 0) is 0 Å². The minimum absolute atomic E-state index is 0.107. The highest BCUT2D eigenvalue weighted by Gasteiger charge is 2.16. The van der Waals surface area contributed by atoms with Crippen molar-refractivity contribution in [3.63, 3.8) is 0 Å². The molecule has 0 atom stereocenters. The first-order valence-corrected chi connectivity index (χ1v) is 18.2. The van der Waals surface area contributed by atoms with E-state index in [4.69, 9.17) is 27.4 Å². The summed E-state index contributed by atoms with van der Waals surface area (Å²) in [5.41, 5.74) is -4.92. The smallest absolute Gasteiger partial charge is 0.116 e. The standard InChI is InChI=1S/C52H32N2S2/c1-3-9-33(10-4-1)35-17-21-37(22-18-35)39-25-27-47-45(30-39)44-16-8-15-43(51(44)55-47)41-13-7-14-42(29-41)49-52-50(54-32-53-49)46-31-40(26-28-48(46)56-52)38-23-19-36(20-24-38)34-11-5-2-6-12-34/h1-32H/i1D,2D,3D,4D,5D,6D,7D,8D,9D,10D,11D,12D,13D,14D,15D,16D,17D,18D,19D,20D,21D,22D,23D,24D,25D,27D,29D,30D. The van der Waals surface area contributed by atoms with Crippen LogP contribution in [0.4, 0.5) is 0 Å². The normalized spacial score (nSPS) is 18.6. The molecule has 0 fully saturated rings. The topological polar surface area (TPSA) is 25.8 Å². The largest absolute Gasteiger partial charge is 0.235 e. The molecule has 0 aliphatic carbocycles. The van der Waals surface area contributed by atoms with E-state index in [0.717, 1.165) is 17.7 Å². The molecule has 11 rings (SSSR count). The molecule has 0 bridgehead atoms. The van der Waals surface area contributed by atoms with Gasteiger partial charge in [-0.15, -0.1) is 22.7 Å².